The van der Waals surface area contributed by atoms with Crippen molar-refractivity contribution < 1.29 is 14.2 Å². The molecule has 5 aliphatic rings. The first-order valence-electron chi connectivity index (χ1n) is 12.8. The Hall–Kier alpha value is -2.72. The highest BCUT2D eigenvalue weighted by atomic mass is 16.5. The van der Waals surface area contributed by atoms with Gasteiger partial charge in [-0.1, -0.05) is 36.4 Å². The van der Waals surface area contributed by atoms with Crippen molar-refractivity contribution in [3.05, 3.63) is 82.1 Å². The van der Waals surface area contributed by atoms with E-state index in [9.17, 15) is 0 Å². The molecule has 4 nitrogen and oxygen atoms in total. The quantitative estimate of drug-likeness (QED) is 0.620. The van der Waals surface area contributed by atoms with Crippen LogP contribution in [0, 0.1) is 24.7 Å². The lowest BCUT2D eigenvalue weighted by atomic mass is 9.59. The maximum Gasteiger partial charge on any atom is 0.165 e. The molecule has 7 rings (SSSR count). The van der Waals surface area contributed by atoms with Crippen molar-refractivity contribution in [3.8, 4) is 11.5 Å². The number of hydrogen-bond donors (Lipinski definition) is 1. The molecule has 2 bridgehead atoms. The molecule has 176 valence electrons. The lowest BCUT2D eigenvalue weighted by Crippen LogP contribution is -2.47. The molecule has 4 unspecified atom stereocenters. The van der Waals surface area contributed by atoms with Gasteiger partial charge in [-0.15, -0.1) is 0 Å². The number of methoxy groups -OCH3 is 1. The van der Waals surface area contributed by atoms with Crippen LogP contribution in [0.3, 0.4) is 0 Å². The third-order valence-electron chi connectivity index (χ3n) is 8.95. The van der Waals surface area contributed by atoms with Gasteiger partial charge in [0.2, 0.25) is 0 Å². The van der Waals surface area contributed by atoms with Gasteiger partial charge in [0.25, 0.3) is 0 Å². The summed E-state index contributed by atoms with van der Waals surface area (Å²) in [6.45, 7) is 4.58. The molecule has 2 fully saturated rings. The summed E-state index contributed by atoms with van der Waals surface area (Å²) in [6.07, 6.45) is 9.60. The van der Waals surface area contributed by atoms with Crippen LogP contribution in [-0.2, 0) is 23.2 Å². The van der Waals surface area contributed by atoms with Gasteiger partial charge in [-0.25, -0.2) is 0 Å². The fourth-order valence-electron chi connectivity index (χ4n) is 7.20. The number of allylic oxidation sites excluding steroid dienone is 2. The summed E-state index contributed by atoms with van der Waals surface area (Å²) in [5, 5.41) is 4.01. The Kier molecular flexibility index (Phi) is 4.64. The number of nitrogens with one attached hydrogen (secondary N) is 1. The molecule has 2 aromatic carbocycles. The number of aryl methyl sites for hydroxylation is 1. The molecule has 2 saturated carbocycles. The number of fused-ring (bicyclic) bond motifs is 1. The van der Waals surface area contributed by atoms with E-state index in [-0.39, 0.29) is 11.3 Å². The van der Waals surface area contributed by atoms with Gasteiger partial charge in [-0.2, -0.15) is 0 Å². The van der Waals surface area contributed by atoms with Gasteiger partial charge in [0.1, 0.15) is 12.4 Å². The van der Waals surface area contributed by atoms with E-state index >= 15 is 0 Å². The van der Waals surface area contributed by atoms with E-state index in [1.807, 2.05) is 6.07 Å². The Morgan fingerprint density at radius 3 is 2.79 bits per heavy atom. The van der Waals surface area contributed by atoms with Gasteiger partial charge in [0.15, 0.2) is 11.5 Å². The lowest BCUT2D eigenvalue weighted by Gasteiger charge is -2.48. The molecule has 4 atom stereocenters. The normalized spacial score (nSPS) is 30.1. The summed E-state index contributed by atoms with van der Waals surface area (Å²) in [5.41, 5.74) is 6.85. The van der Waals surface area contributed by atoms with Gasteiger partial charge < -0.3 is 19.5 Å². The average Bonchev–Trinajstić information content (AvgIpc) is 3.66. The monoisotopic (exact) mass is 455 g/mol. The van der Waals surface area contributed by atoms with Gasteiger partial charge in [0.05, 0.1) is 19.6 Å². The minimum atomic E-state index is -0.0516. The summed E-state index contributed by atoms with van der Waals surface area (Å²) >= 11 is 0. The Morgan fingerprint density at radius 1 is 1.15 bits per heavy atom. The number of hydrogen-bond acceptors (Lipinski definition) is 4. The lowest BCUT2D eigenvalue weighted by molar-refractivity contribution is 0.104. The van der Waals surface area contributed by atoms with Crippen LogP contribution in [0.4, 0.5) is 0 Å². The van der Waals surface area contributed by atoms with Crippen LogP contribution >= 0.6 is 0 Å². The van der Waals surface area contributed by atoms with E-state index in [1.54, 1.807) is 12.7 Å². The SMILES string of the molecule is COC1=CC=C2C(NCC3CC3)C3Cc4c(C)cc(OCc5ccccc5)c5c4C2(C3)C1CO5. The van der Waals surface area contributed by atoms with Gasteiger partial charge in [0, 0.05) is 17.0 Å². The first-order valence-corrected chi connectivity index (χ1v) is 12.8. The molecular weight excluding hydrogens is 422 g/mol. The van der Waals surface area contributed by atoms with Crippen molar-refractivity contribution in [2.24, 2.45) is 17.8 Å². The smallest absolute Gasteiger partial charge is 0.165 e. The minimum Gasteiger partial charge on any atom is -0.501 e. The summed E-state index contributed by atoms with van der Waals surface area (Å²) in [5.74, 6) is 4.62. The summed E-state index contributed by atoms with van der Waals surface area (Å²) in [6, 6.07) is 13.0. The Bertz CT molecular complexity index is 1200. The molecule has 0 radical (unpaired) electrons. The number of rotatable bonds is 7. The standard InChI is InChI=1S/C30H33NO3/c1-18-12-26(33-16-20-6-4-3-5-7-20)29-27-22(18)13-21-14-30(27)23(28(21)31-15-19-8-9-19)10-11-25(32-2)24(30)17-34-29/h3-7,10-12,19,21,24,28,31H,8-9,13-17H2,1-2H3. The van der Waals surface area contributed by atoms with Crippen LogP contribution < -0.4 is 14.8 Å². The zero-order chi connectivity index (χ0) is 22.9. The second-order valence-corrected chi connectivity index (χ2v) is 10.9. The molecule has 2 aromatic rings. The van der Waals surface area contributed by atoms with Crippen LogP contribution in [0.2, 0.25) is 0 Å². The van der Waals surface area contributed by atoms with E-state index in [1.165, 1.54) is 35.1 Å². The van der Waals surface area contributed by atoms with E-state index in [4.69, 9.17) is 14.2 Å². The molecule has 4 aliphatic carbocycles. The van der Waals surface area contributed by atoms with Crippen molar-refractivity contribution in [1.29, 1.82) is 0 Å². The maximum atomic E-state index is 6.56. The largest absolute Gasteiger partial charge is 0.501 e. The summed E-state index contributed by atoms with van der Waals surface area (Å²) < 4.78 is 18.9. The molecule has 0 saturated heterocycles. The van der Waals surface area contributed by atoms with Gasteiger partial charge >= 0.3 is 0 Å². The predicted octanol–water partition coefficient (Wildman–Crippen LogP) is 5.23. The minimum absolute atomic E-state index is 0.0516. The molecule has 1 N–H and O–H groups in total. The zero-order valence-electron chi connectivity index (χ0n) is 20.1. The highest BCUT2D eigenvalue weighted by molar-refractivity contribution is 5.67. The van der Waals surface area contributed by atoms with Crippen LogP contribution in [0.25, 0.3) is 0 Å². The summed E-state index contributed by atoms with van der Waals surface area (Å²) in [7, 11) is 1.81. The second kappa shape index (κ2) is 7.64. The fourth-order valence-corrected chi connectivity index (χ4v) is 7.20. The maximum absolute atomic E-state index is 6.56. The Balaban J connectivity index is 1.34. The molecule has 1 aliphatic heterocycles. The topological polar surface area (TPSA) is 39.7 Å². The fraction of sp³-hybridized carbons (Fsp3) is 0.467. The third-order valence-corrected chi connectivity index (χ3v) is 8.95. The Labute approximate surface area is 202 Å². The van der Waals surface area contributed by atoms with Gasteiger partial charge in [-0.05, 0) is 85.4 Å². The third kappa shape index (κ3) is 2.94. The van der Waals surface area contributed by atoms with Crippen LogP contribution in [0.1, 0.15) is 41.5 Å². The van der Waals surface area contributed by atoms with Crippen molar-refractivity contribution >= 4 is 0 Å². The zero-order valence-corrected chi connectivity index (χ0v) is 20.1. The molecular formula is C30H33NO3. The molecule has 1 spiro atoms. The molecule has 0 aromatic heterocycles. The number of ether oxygens (including phenoxy) is 3. The van der Waals surface area contributed by atoms with E-state index in [2.05, 4.69) is 54.7 Å². The molecule has 1 heterocycles. The van der Waals surface area contributed by atoms with E-state index in [0.717, 1.165) is 42.6 Å². The van der Waals surface area contributed by atoms with Crippen molar-refractivity contribution in [3.63, 3.8) is 0 Å². The molecule has 0 amide bonds. The van der Waals surface area contributed by atoms with Crippen LogP contribution in [0.5, 0.6) is 11.5 Å². The first-order chi connectivity index (χ1) is 16.7. The predicted molar refractivity (Wildman–Crippen MR) is 132 cm³/mol. The number of benzene rings is 2. The van der Waals surface area contributed by atoms with Gasteiger partial charge in [-0.3, -0.25) is 0 Å². The first kappa shape index (κ1) is 20.6. The summed E-state index contributed by atoms with van der Waals surface area (Å²) in [4.78, 5) is 0. The highest BCUT2D eigenvalue weighted by Crippen LogP contribution is 2.66. The van der Waals surface area contributed by atoms with E-state index < -0.39 is 0 Å². The van der Waals surface area contributed by atoms with Crippen molar-refractivity contribution in [2.75, 3.05) is 20.3 Å². The van der Waals surface area contributed by atoms with Crippen molar-refractivity contribution in [1.82, 2.24) is 5.32 Å². The van der Waals surface area contributed by atoms with Crippen LogP contribution in [0.15, 0.2) is 59.9 Å². The van der Waals surface area contributed by atoms with E-state index in [0.29, 0.717) is 25.2 Å². The highest BCUT2D eigenvalue weighted by Gasteiger charge is 2.63. The van der Waals surface area contributed by atoms with Crippen LogP contribution in [-0.4, -0.2) is 26.3 Å². The Morgan fingerprint density at radius 2 is 2.00 bits per heavy atom. The second-order valence-electron chi connectivity index (χ2n) is 10.9. The molecule has 4 heteroatoms. The molecule has 34 heavy (non-hydrogen) atoms. The average molecular weight is 456 g/mol. The van der Waals surface area contributed by atoms with Crippen molar-refractivity contribution in [2.45, 2.75) is 50.7 Å².